The van der Waals surface area contributed by atoms with Crippen molar-refractivity contribution in [3.8, 4) is 0 Å². The first-order valence-electron chi connectivity index (χ1n) is 6.43. The van der Waals surface area contributed by atoms with E-state index in [2.05, 4.69) is 18.0 Å². The van der Waals surface area contributed by atoms with Crippen LogP contribution in [-0.4, -0.2) is 19.6 Å². The lowest BCUT2D eigenvalue weighted by molar-refractivity contribution is 0.617. The van der Waals surface area contributed by atoms with Gasteiger partial charge in [-0.25, -0.2) is 4.39 Å². The zero-order chi connectivity index (χ0) is 12.3. The fourth-order valence-corrected chi connectivity index (χ4v) is 2.65. The summed E-state index contributed by atoms with van der Waals surface area (Å²) in [6, 6.07) is 5.84. The van der Waals surface area contributed by atoms with Gasteiger partial charge in [-0.3, -0.25) is 0 Å². The van der Waals surface area contributed by atoms with Crippen molar-refractivity contribution in [2.24, 2.45) is 5.73 Å². The van der Waals surface area contributed by atoms with Gasteiger partial charge < -0.3 is 10.6 Å². The number of nitrogens with zero attached hydrogens (tertiary/aromatic N) is 1. The van der Waals surface area contributed by atoms with E-state index in [9.17, 15) is 4.39 Å². The van der Waals surface area contributed by atoms with E-state index >= 15 is 0 Å². The van der Waals surface area contributed by atoms with Crippen LogP contribution in [0.3, 0.4) is 0 Å². The topological polar surface area (TPSA) is 29.3 Å². The van der Waals surface area contributed by atoms with Crippen LogP contribution in [0.2, 0.25) is 0 Å². The molecule has 0 heterocycles. The minimum Gasteiger partial charge on any atom is -0.372 e. The summed E-state index contributed by atoms with van der Waals surface area (Å²) in [5.41, 5.74) is 7.50. The third-order valence-corrected chi connectivity index (χ3v) is 3.66. The number of hydrogen-bond acceptors (Lipinski definition) is 2. The van der Waals surface area contributed by atoms with Crippen molar-refractivity contribution >= 4 is 5.69 Å². The predicted octanol–water partition coefficient (Wildman–Crippen LogP) is 2.71. The first-order chi connectivity index (χ1) is 8.20. The van der Waals surface area contributed by atoms with Crippen LogP contribution in [0, 0.1) is 5.82 Å². The monoisotopic (exact) mass is 236 g/mol. The first-order valence-corrected chi connectivity index (χ1v) is 6.43. The van der Waals surface area contributed by atoms with E-state index in [-0.39, 0.29) is 5.82 Å². The smallest absolute Gasteiger partial charge is 0.125 e. The van der Waals surface area contributed by atoms with Gasteiger partial charge in [-0.15, -0.1) is 0 Å². The number of nitrogens with two attached hydrogens (primary N) is 1. The van der Waals surface area contributed by atoms with Crippen LogP contribution >= 0.6 is 0 Å². The zero-order valence-corrected chi connectivity index (χ0v) is 10.5. The standard InChI is InChI=1S/C14H21FN2/c1-17(13-4-2-3-5-13)14-9-11(6-7-16)8-12(15)10-14/h8-10,13H,2-7,16H2,1H3. The molecule has 0 radical (unpaired) electrons. The highest BCUT2D eigenvalue weighted by Gasteiger charge is 2.20. The molecule has 1 saturated carbocycles. The molecule has 2 nitrogen and oxygen atoms in total. The van der Waals surface area contributed by atoms with E-state index in [1.807, 2.05) is 0 Å². The molecule has 1 fully saturated rings. The fraction of sp³-hybridized carbons (Fsp3) is 0.571. The highest BCUT2D eigenvalue weighted by molar-refractivity contribution is 5.49. The summed E-state index contributed by atoms with van der Waals surface area (Å²) < 4.78 is 13.5. The molecule has 0 atom stereocenters. The zero-order valence-electron chi connectivity index (χ0n) is 10.5. The Morgan fingerprint density at radius 3 is 2.65 bits per heavy atom. The van der Waals surface area contributed by atoms with E-state index in [1.165, 1.54) is 25.7 Å². The highest BCUT2D eigenvalue weighted by Crippen LogP contribution is 2.28. The number of anilines is 1. The van der Waals surface area contributed by atoms with E-state index in [0.717, 1.165) is 17.7 Å². The summed E-state index contributed by atoms with van der Waals surface area (Å²) in [5, 5.41) is 0. The van der Waals surface area contributed by atoms with Gasteiger partial charge in [0.05, 0.1) is 0 Å². The summed E-state index contributed by atoms with van der Waals surface area (Å²) in [4.78, 5) is 2.22. The van der Waals surface area contributed by atoms with Crippen LogP contribution in [0.5, 0.6) is 0 Å². The molecule has 94 valence electrons. The van der Waals surface area contributed by atoms with Gasteiger partial charge in [0.1, 0.15) is 5.82 Å². The second-order valence-corrected chi connectivity index (χ2v) is 4.91. The highest BCUT2D eigenvalue weighted by atomic mass is 19.1. The molecule has 1 aromatic carbocycles. The number of rotatable bonds is 4. The third-order valence-electron chi connectivity index (χ3n) is 3.66. The average Bonchev–Trinajstić information content (AvgIpc) is 2.81. The van der Waals surface area contributed by atoms with Crippen molar-refractivity contribution in [3.05, 3.63) is 29.6 Å². The summed E-state index contributed by atoms with van der Waals surface area (Å²) in [6.45, 7) is 0.566. The molecule has 1 aliphatic carbocycles. The minimum atomic E-state index is -0.157. The molecule has 0 spiro atoms. The van der Waals surface area contributed by atoms with Crippen LogP contribution in [0.4, 0.5) is 10.1 Å². The molecule has 17 heavy (non-hydrogen) atoms. The SMILES string of the molecule is CN(c1cc(F)cc(CCN)c1)C1CCCC1. The van der Waals surface area contributed by atoms with Gasteiger partial charge >= 0.3 is 0 Å². The lowest BCUT2D eigenvalue weighted by Crippen LogP contribution is -2.28. The van der Waals surface area contributed by atoms with Crippen LogP contribution in [0.1, 0.15) is 31.2 Å². The molecule has 3 heteroatoms. The van der Waals surface area contributed by atoms with Crippen molar-refractivity contribution in [1.82, 2.24) is 0 Å². The van der Waals surface area contributed by atoms with Crippen molar-refractivity contribution < 1.29 is 4.39 Å². The van der Waals surface area contributed by atoms with Gasteiger partial charge in [-0.05, 0) is 49.6 Å². The maximum Gasteiger partial charge on any atom is 0.125 e. The molecule has 0 aliphatic heterocycles. The minimum absolute atomic E-state index is 0.157. The third kappa shape index (κ3) is 2.97. The molecule has 1 aromatic rings. The Bertz CT molecular complexity index is 372. The van der Waals surface area contributed by atoms with Gasteiger partial charge in [0.25, 0.3) is 0 Å². The molecular formula is C14H21FN2. The first kappa shape index (κ1) is 12.4. The van der Waals surface area contributed by atoms with Crippen LogP contribution in [0.25, 0.3) is 0 Å². The molecular weight excluding hydrogens is 215 g/mol. The summed E-state index contributed by atoms with van der Waals surface area (Å²) in [5.74, 6) is -0.157. The number of benzene rings is 1. The molecule has 0 amide bonds. The number of hydrogen-bond donors (Lipinski definition) is 1. The average molecular weight is 236 g/mol. The fourth-order valence-electron chi connectivity index (χ4n) is 2.65. The molecule has 0 unspecified atom stereocenters. The molecule has 2 rings (SSSR count). The van der Waals surface area contributed by atoms with Crippen molar-refractivity contribution in [2.45, 2.75) is 38.1 Å². The van der Waals surface area contributed by atoms with Gasteiger partial charge in [-0.1, -0.05) is 12.8 Å². The Morgan fingerprint density at radius 1 is 1.29 bits per heavy atom. The van der Waals surface area contributed by atoms with Gasteiger partial charge in [-0.2, -0.15) is 0 Å². The summed E-state index contributed by atoms with van der Waals surface area (Å²) in [7, 11) is 2.07. The molecule has 1 aliphatic rings. The summed E-state index contributed by atoms with van der Waals surface area (Å²) >= 11 is 0. The van der Waals surface area contributed by atoms with E-state index in [4.69, 9.17) is 5.73 Å². The molecule has 0 saturated heterocycles. The lowest BCUT2D eigenvalue weighted by Gasteiger charge is -2.27. The molecule has 2 N–H and O–H groups in total. The van der Waals surface area contributed by atoms with E-state index < -0.39 is 0 Å². The van der Waals surface area contributed by atoms with Crippen molar-refractivity contribution in [3.63, 3.8) is 0 Å². The summed E-state index contributed by atoms with van der Waals surface area (Å²) in [6.07, 6.45) is 5.77. The van der Waals surface area contributed by atoms with Gasteiger partial charge in [0, 0.05) is 18.8 Å². The van der Waals surface area contributed by atoms with Crippen LogP contribution in [0.15, 0.2) is 18.2 Å². The van der Waals surface area contributed by atoms with Gasteiger partial charge in [0.15, 0.2) is 0 Å². The van der Waals surface area contributed by atoms with Crippen LogP contribution < -0.4 is 10.6 Å². The maximum absolute atomic E-state index is 13.5. The van der Waals surface area contributed by atoms with Crippen molar-refractivity contribution in [2.75, 3.05) is 18.5 Å². The predicted molar refractivity (Wildman–Crippen MR) is 69.8 cm³/mol. The van der Waals surface area contributed by atoms with Crippen LogP contribution in [-0.2, 0) is 6.42 Å². The molecule has 0 aromatic heterocycles. The Kier molecular flexibility index (Phi) is 4.00. The second-order valence-electron chi connectivity index (χ2n) is 4.91. The lowest BCUT2D eigenvalue weighted by atomic mass is 10.1. The number of halogens is 1. The largest absolute Gasteiger partial charge is 0.372 e. The molecule has 0 bridgehead atoms. The van der Waals surface area contributed by atoms with E-state index in [1.54, 1.807) is 12.1 Å². The van der Waals surface area contributed by atoms with E-state index in [0.29, 0.717) is 12.6 Å². The van der Waals surface area contributed by atoms with Gasteiger partial charge in [0.2, 0.25) is 0 Å². The second kappa shape index (κ2) is 5.50. The van der Waals surface area contributed by atoms with Crippen molar-refractivity contribution in [1.29, 1.82) is 0 Å². The Morgan fingerprint density at radius 2 is 2.00 bits per heavy atom. The normalized spacial score (nSPS) is 16.4. The Balaban J connectivity index is 2.18. The Labute approximate surface area is 103 Å². The quantitative estimate of drug-likeness (QED) is 0.871. The maximum atomic E-state index is 13.5. The Hall–Kier alpha value is -1.09.